The van der Waals surface area contributed by atoms with Gasteiger partial charge in [-0.2, -0.15) is 5.10 Å². The first-order valence-electron chi connectivity index (χ1n) is 9.57. The van der Waals surface area contributed by atoms with Gasteiger partial charge in [-0.1, -0.05) is 18.2 Å². The Labute approximate surface area is 165 Å². The Kier molecular flexibility index (Phi) is 6.08. The second kappa shape index (κ2) is 8.52. The third-order valence-corrected chi connectivity index (χ3v) is 5.23. The first-order chi connectivity index (χ1) is 13.3. The third kappa shape index (κ3) is 4.56. The highest BCUT2D eigenvalue weighted by atomic mass is 16.2. The van der Waals surface area contributed by atoms with Crippen molar-refractivity contribution in [3.63, 3.8) is 0 Å². The van der Waals surface area contributed by atoms with Crippen LogP contribution in [0.4, 0.5) is 5.69 Å². The zero-order chi connectivity index (χ0) is 20.3. The number of hydrazone groups is 1. The van der Waals surface area contributed by atoms with Crippen molar-refractivity contribution in [2.75, 3.05) is 45.1 Å². The molecule has 0 atom stereocenters. The molecule has 2 aliphatic rings. The van der Waals surface area contributed by atoms with Crippen molar-refractivity contribution in [3.8, 4) is 0 Å². The summed E-state index contributed by atoms with van der Waals surface area (Å²) in [5, 5.41) is 8.34. The maximum atomic E-state index is 12.6. The lowest BCUT2D eigenvalue weighted by Gasteiger charge is -2.35. The molecule has 2 aliphatic heterocycles. The van der Waals surface area contributed by atoms with Crippen molar-refractivity contribution in [2.24, 2.45) is 5.10 Å². The molecule has 2 heterocycles. The van der Waals surface area contributed by atoms with E-state index in [0.717, 1.165) is 16.8 Å². The number of carbonyl (C=O) groups is 3. The fourth-order valence-electron chi connectivity index (χ4n) is 3.51. The molecular formula is C20H27N5O3. The molecule has 0 aromatic heterocycles. The minimum absolute atomic E-state index is 0.0473. The fourth-order valence-corrected chi connectivity index (χ4v) is 3.51. The molecule has 1 aromatic carbocycles. The van der Waals surface area contributed by atoms with Crippen LogP contribution in [0.1, 0.15) is 24.0 Å². The molecule has 0 aliphatic carbocycles. The molecule has 0 spiro atoms. The number of amides is 3. The number of hydrogen-bond donors (Lipinski definition) is 1. The van der Waals surface area contributed by atoms with Crippen LogP contribution >= 0.6 is 0 Å². The van der Waals surface area contributed by atoms with Crippen LogP contribution in [0.25, 0.3) is 0 Å². The van der Waals surface area contributed by atoms with E-state index in [9.17, 15) is 14.4 Å². The number of nitrogens with one attached hydrogen (secondary N) is 1. The van der Waals surface area contributed by atoms with Crippen LogP contribution in [0, 0.1) is 13.8 Å². The molecule has 1 aromatic rings. The van der Waals surface area contributed by atoms with Crippen LogP contribution in [0.5, 0.6) is 0 Å². The van der Waals surface area contributed by atoms with Gasteiger partial charge in [-0.05, 0) is 25.0 Å². The number of piperazine rings is 1. The molecular weight excluding hydrogens is 358 g/mol. The molecule has 1 saturated heterocycles. The molecule has 28 heavy (non-hydrogen) atoms. The van der Waals surface area contributed by atoms with E-state index < -0.39 is 0 Å². The van der Waals surface area contributed by atoms with Gasteiger partial charge in [0.05, 0.1) is 6.54 Å². The molecule has 8 nitrogen and oxygen atoms in total. The van der Waals surface area contributed by atoms with Crippen molar-refractivity contribution in [3.05, 3.63) is 29.3 Å². The van der Waals surface area contributed by atoms with E-state index in [1.807, 2.05) is 36.9 Å². The molecule has 0 unspecified atom stereocenters. The van der Waals surface area contributed by atoms with Gasteiger partial charge in [0.15, 0.2) is 0 Å². The normalized spacial score (nSPS) is 18.1. The van der Waals surface area contributed by atoms with Crippen molar-refractivity contribution in [1.29, 1.82) is 0 Å². The van der Waals surface area contributed by atoms with Gasteiger partial charge in [-0.15, -0.1) is 0 Å². The molecule has 150 valence electrons. The summed E-state index contributed by atoms with van der Waals surface area (Å²) in [5.74, 6) is -0.232. The van der Waals surface area contributed by atoms with E-state index >= 15 is 0 Å². The number of para-hydroxylation sites is 1. The number of anilines is 1. The zero-order valence-corrected chi connectivity index (χ0v) is 16.7. The predicted octanol–water partition coefficient (Wildman–Crippen LogP) is 0.994. The number of hydrogen-bond acceptors (Lipinski definition) is 5. The first kappa shape index (κ1) is 20.0. The molecule has 3 rings (SSSR count). The van der Waals surface area contributed by atoms with Gasteiger partial charge in [0.25, 0.3) is 5.91 Å². The number of rotatable bonds is 4. The smallest absolute Gasteiger partial charge is 0.270 e. The van der Waals surface area contributed by atoms with Gasteiger partial charge >= 0.3 is 0 Å². The number of nitrogens with zero attached hydrogens (tertiary/aromatic N) is 4. The molecule has 0 bridgehead atoms. The topological polar surface area (TPSA) is 85.3 Å². The fraction of sp³-hybridized carbons (Fsp3) is 0.500. The van der Waals surface area contributed by atoms with Crippen LogP contribution in [-0.2, 0) is 14.4 Å². The van der Waals surface area contributed by atoms with E-state index in [-0.39, 0.29) is 17.7 Å². The van der Waals surface area contributed by atoms with Crippen molar-refractivity contribution >= 4 is 29.1 Å². The number of aryl methyl sites for hydroxylation is 2. The summed E-state index contributed by atoms with van der Waals surface area (Å²) in [6.45, 7) is 6.62. The van der Waals surface area contributed by atoms with Crippen molar-refractivity contribution in [1.82, 2.24) is 14.8 Å². The quantitative estimate of drug-likeness (QED) is 0.838. The maximum Gasteiger partial charge on any atom is 0.270 e. The summed E-state index contributed by atoms with van der Waals surface area (Å²) in [7, 11) is 1.57. The monoisotopic (exact) mass is 385 g/mol. The van der Waals surface area contributed by atoms with Crippen LogP contribution in [0.2, 0.25) is 0 Å². The Bertz CT molecular complexity index is 792. The number of carbonyl (C=O) groups excluding carboxylic acids is 3. The average Bonchev–Trinajstić information content (AvgIpc) is 2.67. The summed E-state index contributed by atoms with van der Waals surface area (Å²) in [6.07, 6.45) is 0.708. The van der Waals surface area contributed by atoms with E-state index in [1.165, 1.54) is 5.01 Å². The van der Waals surface area contributed by atoms with Crippen LogP contribution in [-0.4, -0.2) is 78.0 Å². The summed E-state index contributed by atoms with van der Waals surface area (Å²) in [5.41, 5.74) is 3.39. The van der Waals surface area contributed by atoms with Gasteiger partial charge in [-0.25, -0.2) is 5.01 Å². The Morgan fingerprint density at radius 3 is 2.32 bits per heavy atom. The largest absolute Gasteiger partial charge is 0.335 e. The molecule has 1 N–H and O–H groups in total. The SMILES string of the molecule is Cc1cccc(C)c1NC(=O)CN1CCN(C(=O)C2=NN(C)C(=O)CC2)CC1. The average molecular weight is 385 g/mol. The van der Waals surface area contributed by atoms with Gasteiger partial charge in [-0.3, -0.25) is 19.3 Å². The lowest BCUT2D eigenvalue weighted by Crippen LogP contribution is -2.52. The molecule has 1 fully saturated rings. The Hall–Kier alpha value is -2.74. The van der Waals surface area contributed by atoms with Crippen LogP contribution < -0.4 is 5.32 Å². The van der Waals surface area contributed by atoms with Crippen molar-refractivity contribution in [2.45, 2.75) is 26.7 Å². The highest BCUT2D eigenvalue weighted by Gasteiger charge is 2.28. The minimum Gasteiger partial charge on any atom is -0.335 e. The maximum absolute atomic E-state index is 12.6. The predicted molar refractivity (Wildman–Crippen MR) is 107 cm³/mol. The van der Waals surface area contributed by atoms with E-state index in [2.05, 4.69) is 10.4 Å². The van der Waals surface area contributed by atoms with Gasteiger partial charge in [0.2, 0.25) is 11.8 Å². The summed E-state index contributed by atoms with van der Waals surface area (Å²) < 4.78 is 0. The standard InChI is InChI=1S/C20H27N5O3/c1-14-5-4-6-15(2)19(14)21-17(26)13-24-9-11-25(12-10-24)20(28)16-7-8-18(27)23(3)22-16/h4-6H,7-13H2,1-3H3,(H,21,26). The second-order valence-electron chi connectivity index (χ2n) is 7.35. The van der Waals surface area contributed by atoms with Crippen molar-refractivity contribution < 1.29 is 14.4 Å². The van der Waals surface area contributed by atoms with Gasteiger partial charge in [0, 0.05) is 51.8 Å². The molecule has 0 radical (unpaired) electrons. The van der Waals surface area contributed by atoms with E-state index in [1.54, 1.807) is 11.9 Å². The molecule has 3 amide bonds. The van der Waals surface area contributed by atoms with Gasteiger partial charge in [0.1, 0.15) is 5.71 Å². The third-order valence-electron chi connectivity index (χ3n) is 5.23. The van der Waals surface area contributed by atoms with Gasteiger partial charge < -0.3 is 10.2 Å². The molecule has 0 saturated carbocycles. The Morgan fingerprint density at radius 1 is 1.07 bits per heavy atom. The van der Waals surface area contributed by atoms with Crippen LogP contribution in [0.3, 0.4) is 0 Å². The number of benzene rings is 1. The zero-order valence-electron chi connectivity index (χ0n) is 16.7. The molecule has 8 heteroatoms. The highest BCUT2D eigenvalue weighted by Crippen LogP contribution is 2.19. The summed E-state index contributed by atoms with van der Waals surface area (Å²) in [6, 6.07) is 5.93. The lowest BCUT2D eigenvalue weighted by molar-refractivity contribution is -0.131. The van der Waals surface area contributed by atoms with E-state index in [4.69, 9.17) is 0 Å². The Balaban J connectivity index is 1.50. The first-order valence-corrected chi connectivity index (χ1v) is 9.57. The Morgan fingerprint density at radius 2 is 1.71 bits per heavy atom. The van der Waals surface area contributed by atoms with E-state index in [0.29, 0.717) is 51.3 Å². The summed E-state index contributed by atoms with van der Waals surface area (Å²) >= 11 is 0. The second-order valence-corrected chi connectivity index (χ2v) is 7.35. The lowest BCUT2D eigenvalue weighted by atomic mass is 10.1. The summed E-state index contributed by atoms with van der Waals surface area (Å²) in [4.78, 5) is 40.3. The minimum atomic E-state index is -0.112. The highest BCUT2D eigenvalue weighted by molar-refractivity contribution is 6.39. The van der Waals surface area contributed by atoms with Crippen LogP contribution in [0.15, 0.2) is 23.3 Å².